The number of carbonyl (C=O) groups excluding carboxylic acids is 2. The number of benzene rings is 2. The van der Waals surface area contributed by atoms with Gasteiger partial charge in [-0.15, -0.1) is 5.10 Å². The minimum atomic E-state index is -0.194. The van der Waals surface area contributed by atoms with Gasteiger partial charge in [0.1, 0.15) is 0 Å². The molecule has 0 N–H and O–H groups in total. The van der Waals surface area contributed by atoms with Gasteiger partial charge in [-0.3, -0.25) is 9.59 Å². The van der Waals surface area contributed by atoms with Crippen LogP contribution < -0.4 is 0 Å². The van der Waals surface area contributed by atoms with E-state index in [4.69, 9.17) is 23.2 Å². The summed E-state index contributed by atoms with van der Waals surface area (Å²) in [6, 6.07) is 14.1. The molecule has 2 heterocycles. The Hall–Kier alpha value is -2.70. The van der Waals surface area contributed by atoms with Crippen LogP contribution in [-0.4, -0.2) is 44.7 Å². The van der Waals surface area contributed by atoms with Crippen molar-refractivity contribution in [3.63, 3.8) is 0 Å². The molecular weight excluding hydrogens is 411 g/mol. The summed E-state index contributed by atoms with van der Waals surface area (Å²) in [7, 11) is 0. The number of Topliss-reactive ketones (excluding diaryl/α,β-unsaturated/α-hetero) is 1. The van der Waals surface area contributed by atoms with Gasteiger partial charge in [-0.05, 0) is 49.2 Å². The lowest BCUT2D eigenvalue weighted by Crippen LogP contribution is -2.40. The fourth-order valence-corrected chi connectivity index (χ4v) is 3.82. The molecule has 1 aromatic heterocycles. The maximum Gasteiger partial charge on any atom is 0.276 e. The molecular formula is C21H18Cl2N4O2. The predicted molar refractivity (Wildman–Crippen MR) is 111 cm³/mol. The van der Waals surface area contributed by atoms with Gasteiger partial charge in [0.25, 0.3) is 5.91 Å². The van der Waals surface area contributed by atoms with Crippen molar-refractivity contribution in [3.05, 3.63) is 76.0 Å². The highest BCUT2D eigenvalue weighted by Gasteiger charge is 2.29. The molecule has 0 radical (unpaired) electrons. The van der Waals surface area contributed by atoms with Gasteiger partial charge in [0, 0.05) is 29.6 Å². The van der Waals surface area contributed by atoms with Gasteiger partial charge in [0.2, 0.25) is 0 Å². The Balaban J connectivity index is 1.40. The molecule has 1 aliphatic heterocycles. The Morgan fingerprint density at radius 3 is 2.34 bits per heavy atom. The summed E-state index contributed by atoms with van der Waals surface area (Å²) in [5.41, 5.74) is 1.57. The third-order valence-electron chi connectivity index (χ3n) is 5.09. The number of ketones is 1. The second-order valence-electron chi connectivity index (χ2n) is 6.94. The fraction of sp³-hybridized carbons (Fsp3) is 0.238. The summed E-state index contributed by atoms with van der Waals surface area (Å²) < 4.78 is 1.49. The molecule has 8 heteroatoms. The minimum Gasteiger partial charge on any atom is -0.337 e. The normalized spacial score (nSPS) is 14.8. The van der Waals surface area contributed by atoms with Crippen molar-refractivity contribution in [2.24, 2.45) is 5.92 Å². The number of carbonyl (C=O) groups is 2. The zero-order valence-corrected chi connectivity index (χ0v) is 17.0. The highest BCUT2D eigenvalue weighted by atomic mass is 35.5. The van der Waals surface area contributed by atoms with E-state index < -0.39 is 0 Å². The fourth-order valence-electron chi connectivity index (χ4n) is 3.47. The quantitative estimate of drug-likeness (QED) is 0.580. The van der Waals surface area contributed by atoms with Gasteiger partial charge in [0.05, 0.1) is 16.9 Å². The van der Waals surface area contributed by atoms with Crippen molar-refractivity contribution < 1.29 is 9.59 Å². The number of piperidine rings is 1. The molecule has 1 aliphatic rings. The third kappa shape index (κ3) is 4.18. The Kier molecular flexibility index (Phi) is 5.65. The Morgan fingerprint density at radius 1 is 0.966 bits per heavy atom. The Morgan fingerprint density at radius 2 is 1.66 bits per heavy atom. The van der Waals surface area contributed by atoms with E-state index in [2.05, 4.69) is 10.3 Å². The number of hydrogen-bond donors (Lipinski definition) is 0. The summed E-state index contributed by atoms with van der Waals surface area (Å²) in [6.45, 7) is 1.00. The maximum absolute atomic E-state index is 12.8. The zero-order chi connectivity index (χ0) is 20.4. The highest BCUT2D eigenvalue weighted by molar-refractivity contribution is 6.32. The monoisotopic (exact) mass is 428 g/mol. The SMILES string of the molecule is O=C(c1ccc(Cl)cc1)C1CCN(C(=O)c2cn(-c3ccccc3Cl)nn2)CC1. The zero-order valence-electron chi connectivity index (χ0n) is 15.5. The van der Waals surface area contributed by atoms with Crippen LogP contribution in [0.3, 0.4) is 0 Å². The number of rotatable bonds is 4. The first-order valence-corrected chi connectivity index (χ1v) is 10.0. The van der Waals surface area contributed by atoms with E-state index in [-0.39, 0.29) is 23.3 Å². The number of nitrogens with zero attached hydrogens (tertiary/aromatic N) is 4. The lowest BCUT2D eigenvalue weighted by atomic mass is 9.89. The van der Waals surface area contributed by atoms with Crippen molar-refractivity contribution >= 4 is 34.9 Å². The first kappa shape index (κ1) is 19.6. The lowest BCUT2D eigenvalue weighted by molar-refractivity contribution is 0.0645. The molecule has 3 aromatic rings. The molecule has 1 fully saturated rings. The molecule has 0 atom stereocenters. The van der Waals surface area contributed by atoms with Gasteiger partial charge in [0.15, 0.2) is 11.5 Å². The van der Waals surface area contributed by atoms with Gasteiger partial charge in [-0.1, -0.05) is 40.5 Å². The molecule has 0 unspecified atom stereocenters. The van der Waals surface area contributed by atoms with Crippen molar-refractivity contribution in [2.45, 2.75) is 12.8 Å². The van der Waals surface area contributed by atoms with Crippen LogP contribution in [0.5, 0.6) is 0 Å². The van der Waals surface area contributed by atoms with Crippen LogP contribution in [-0.2, 0) is 0 Å². The van der Waals surface area contributed by atoms with Gasteiger partial charge < -0.3 is 4.90 Å². The second-order valence-corrected chi connectivity index (χ2v) is 7.78. The van der Waals surface area contributed by atoms with Crippen LogP contribution >= 0.6 is 23.2 Å². The molecule has 6 nitrogen and oxygen atoms in total. The summed E-state index contributed by atoms with van der Waals surface area (Å²) in [4.78, 5) is 27.2. The summed E-state index contributed by atoms with van der Waals surface area (Å²) in [6.07, 6.45) is 2.81. The Bertz CT molecular complexity index is 1040. The molecule has 1 amide bonds. The molecule has 0 aliphatic carbocycles. The largest absolute Gasteiger partial charge is 0.337 e. The average molecular weight is 429 g/mol. The standard InChI is InChI=1S/C21H18Cl2N4O2/c22-16-7-5-14(6-8-16)20(28)15-9-11-26(12-10-15)21(29)18-13-27(25-24-18)19-4-2-1-3-17(19)23/h1-8,13,15H,9-12H2. The number of hydrogen-bond acceptors (Lipinski definition) is 4. The van der Waals surface area contributed by atoms with E-state index in [9.17, 15) is 9.59 Å². The van der Waals surface area contributed by atoms with E-state index in [0.29, 0.717) is 47.2 Å². The second kappa shape index (κ2) is 8.35. The number of para-hydroxylation sites is 1. The minimum absolute atomic E-state index is 0.0958. The van der Waals surface area contributed by atoms with Crippen molar-refractivity contribution in [1.82, 2.24) is 19.9 Å². The van der Waals surface area contributed by atoms with Crippen molar-refractivity contribution in [3.8, 4) is 5.69 Å². The summed E-state index contributed by atoms with van der Waals surface area (Å²) >= 11 is 12.1. The molecule has 0 bridgehead atoms. The molecule has 2 aromatic carbocycles. The predicted octanol–water partition coefficient (Wildman–Crippen LogP) is 4.31. The van der Waals surface area contributed by atoms with E-state index >= 15 is 0 Å². The highest BCUT2D eigenvalue weighted by Crippen LogP contribution is 2.24. The number of halogens is 2. The summed E-state index contributed by atoms with van der Waals surface area (Å²) in [5, 5.41) is 9.15. The van der Waals surface area contributed by atoms with Crippen LogP contribution in [0.4, 0.5) is 0 Å². The van der Waals surface area contributed by atoms with Gasteiger partial charge >= 0.3 is 0 Å². The van der Waals surface area contributed by atoms with E-state index in [1.165, 1.54) is 4.68 Å². The number of amides is 1. The van der Waals surface area contributed by atoms with E-state index in [1.54, 1.807) is 47.5 Å². The van der Waals surface area contributed by atoms with Crippen LogP contribution in [0.15, 0.2) is 54.7 Å². The van der Waals surface area contributed by atoms with Crippen molar-refractivity contribution in [2.75, 3.05) is 13.1 Å². The van der Waals surface area contributed by atoms with E-state index in [1.807, 2.05) is 12.1 Å². The summed E-state index contributed by atoms with van der Waals surface area (Å²) in [5.74, 6) is -0.196. The number of likely N-dealkylation sites (tertiary alicyclic amines) is 1. The van der Waals surface area contributed by atoms with Gasteiger partial charge in [-0.2, -0.15) is 0 Å². The first-order chi connectivity index (χ1) is 14.0. The molecule has 29 heavy (non-hydrogen) atoms. The first-order valence-electron chi connectivity index (χ1n) is 9.29. The van der Waals surface area contributed by atoms with E-state index in [0.717, 1.165) is 0 Å². The molecule has 4 rings (SSSR count). The molecule has 0 spiro atoms. The van der Waals surface area contributed by atoms with Crippen LogP contribution in [0.1, 0.15) is 33.7 Å². The van der Waals surface area contributed by atoms with Crippen LogP contribution in [0.25, 0.3) is 5.69 Å². The van der Waals surface area contributed by atoms with Crippen molar-refractivity contribution in [1.29, 1.82) is 0 Å². The maximum atomic E-state index is 12.8. The average Bonchev–Trinajstić information content (AvgIpc) is 3.24. The number of aromatic nitrogens is 3. The Labute approximate surface area is 178 Å². The third-order valence-corrected chi connectivity index (χ3v) is 5.67. The molecule has 1 saturated heterocycles. The smallest absolute Gasteiger partial charge is 0.276 e. The van der Waals surface area contributed by atoms with Crippen LogP contribution in [0, 0.1) is 5.92 Å². The molecule has 0 saturated carbocycles. The van der Waals surface area contributed by atoms with Crippen LogP contribution in [0.2, 0.25) is 10.0 Å². The topological polar surface area (TPSA) is 68.1 Å². The lowest BCUT2D eigenvalue weighted by Gasteiger charge is -2.30. The molecule has 148 valence electrons. The van der Waals surface area contributed by atoms with Gasteiger partial charge in [-0.25, -0.2) is 4.68 Å².